The summed E-state index contributed by atoms with van der Waals surface area (Å²) in [5.74, 6) is 0. The lowest BCUT2D eigenvalue weighted by Gasteiger charge is -2.42. The van der Waals surface area contributed by atoms with Crippen molar-refractivity contribution in [3.05, 3.63) is 0 Å². The zero-order valence-corrected chi connectivity index (χ0v) is 13.5. The Balaban J connectivity index is 2.60. The molecule has 1 rings (SSSR count). The first-order chi connectivity index (χ1) is 9.13. The highest BCUT2D eigenvalue weighted by molar-refractivity contribution is 4.88. The van der Waals surface area contributed by atoms with Gasteiger partial charge in [0.2, 0.25) is 0 Å². The van der Waals surface area contributed by atoms with E-state index >= 15 is 0 Å². The van der Waals surface area contributed by atoms with E-state index in [1.54, 1.807) is 0 Å². The molecule has 1 heterocycles. The molecule has 1 aliphatic rings. The van der Waals surface area contributed by atoms with Crippen LogP contribution in [-0.2, 0) is 4.74 Å². The van der Waals surface area contributed by atoms with E-state index in [9.17, 15) is 0 Å². The maximum absolute atomic E-state index is 5.59. The molecule has 1 aliphatic heterocycles. The van der Waals surface area contributed by atoms with E-state index in [2.05, 4.69) is 37.9 Å². The highest BCUT2D eigenvalue weighted by atomic mass is 16.5. The maximum Gasteiger partial charge on any atom is 0.0472 e. The number of hydrogen-bond acceptors (Lipinski definition) is 3. The Bertz CT molecular complexity index is 225. The standard InChI is InChI=1S/C16H34N2O/c1-5-9-17-13-16(7-11-19-12-8-16)14-18(10-6-2)15(3)4/h15,17H,5-14H2,1-4H3. The van der Waals surface area contributed by atoms with Crippen LogP contribution in [0.25, 0.3) is 0 Å². The Labute approximate surface area is 120 Å². The van der Waals surface area contributed by atoms with Crippen molar-refractivity contribution in [3.63, 3.8) is 0 Å². The molecule has 0 aromatic heterocycles. The van der Waals surface area contributed by atoms with Crippen molar-refractivity contribution in [1.82, 2.24) is 10.2 Å². The summed E-state index contributed by atoms with van der Waals surface area (Å²) in [5.41, 5.74) is 0.423. The molecule has 0 saturated carbocycles. The topological polar surface area (TPSA) is 24.5 Å². The van der Waals surface area contributed by atoms with Gasteiger partial charge >= 0.3 is 0 Å². The fourth-order valence-electron chi connectivity index (χ4n) is 2.96. The van der Waals surface area contributed by atoms with E-state index in [1.807, 2.05) is 0 Å². The zero-order chi connectivity index (χ0) is 14.1. The molecule has 1 saturated heterocycles. The summed E-state index contributed by atoms with van der Waals surface area (Å²) in [4.78, 5) is 2.65. The van der Waals surface area contributed by atoms with E-state index < -0.39 is 0 Å². The van der Waals surface area contributed by atoms with Crippen molar-refractivity contribution in [3.8, 4) is 0 Å². The average molecular weight is 270 g/mol. The summed E-state index contributed by atoms with van der Waals surface area (Å²) in [5, 5.41) is 3.65. The third kappa shape index (κ3) is 5.80. The van der Waals surface area contributed by atoms with Gasteiger partial charge in [0.15, 0.2) is 0 Å². The minimum Gasteiger partial charge on any atom is -0.381 e. The molecule has 0 unspecified atom stereocenters. The smallest absolute Gasteiger partial charge is 0.0472 e. The van der Waals surface area contributed by atoms with Gasteiger partial charge < -0.3 is 15.0 Å². The van der Waals surface area contributed by atoms with Gasteiger partial charge in [-0.25, -0.2) is 0 Å². The van der Waals surface area contributed by atoms with Crippen molar-refractivity contribution >= 4 is 0 Å². The number of nitrogens with zero attached hydrogens (tertiary/aromatic N) is 1. The molecule has 1 N–H and O–H groups in total. The van der Waals surface area contributed by atoms with Gasteiger partial charge in [-0.05, 0) is 58.0 Å². The van der Waals surface area contributed by atoms with Crippen LogP contribution in [0.1, 0.15) is 53.4 Å². The Kier molecular flexibility index (Phi) is 7.96. The molecular formula is C16H34N2O. The lowest BCUT2D eigenvalue weighted by molar-refractivity contribution is -0.00937. The van der Waals surface area contributed by atoms with E-state index in [4.69, 9.17) is 4.74 Å². The van der Waals surface area contributed by atoms with Gasteiger partial charge in [-0.2, -0.15) is 0 Å². The predicted octanol–water partition coefficient (Wildman–Crippen LogP) is 2.90. The Morgan fingerprint density at radius 1 is 1.16 bits per heavy atom. The van der Waals surface area contributed by atoms with Gasteiger partial charge in [-0.15, -0.1) is 0 Å². The zero-order valence-electron chi connectivity index (χ0n) is 13.5. The largest absolute Gasteiger partial charge is 0.381 e. The molecule has 0 aromatic rings. The molecule has 0 atom stereocenters. The van der Waals surface area contributed by atoms with Crippen molar-refractivity contribution in [2.24, 2.45) is 5.41 Å². The molecule has 0 spiro atoms. The summed E-state index contributed by atoms with van der Waals surface area (Å²) >= 11 is 0. The minimum absolute atomic E-state index is 0.423. The first-order valence-electron chi connectivity index (χ1n) is 8.16. The molecule has 3 heteroatoms. The van der Waals surface area contributed by atoms with E-state index in [0.29, 0.717) is 11.5 Å². The lowest BCUT2D eigenvalue weighted by atomic mass is 9.79. The first kappa shape index (κ1) is 16.9. The van der Waals surface area contributed by atoms with Gasteiger partial charge in [0, 0.05) is 32.3 Å². The monoisotopic (exact) mass is 270 g/mol. The minimum atomic E-state index is 0.423. The number of rotatable bonds is 9. The third-order valence-corrected chi connectivity index (χ3v) is 4.26. The van der Waals surface area contributed by atoms with E-state index in [-0.39, 0.29) is 0 Å². The molecule has 114 valence electrons. The van der Waals surface area contributed by atoms with Gasteiger partial charge in [-0.3, -0.25) is 0 Å². The summed E-state index contributed by atoms with van der Waals surface area (Å²) < 4.78 is 5.59. The number of ether oxygens (including phenoxy) is 1. The van der Waals surface area contributed by atoms with Crippen LogP contribution in [0.15, 0.2) is 0 Å². The van der Waals surface area contributed by atoms with Crippen LogP contribution < -0.4 is 5.32 Å². The predicted molar refractivity (Wildman–Crippen MR) is 82.6 cm³/mol. The first-order valence-corrected chi connectivity index (χ1v) is 8.16. The molecular weight excluding hydrogens is 236 g/mol. The molecule has 3 nitrogen and oxygen atoms in total. The SMILES string of the molecule is CCCNCC1(CN(CCC)C(C)C)CCOCC1. The van der Waals surface area contributed by atoms with Crippen LogP contribution >= 0.6 is 0 Å². The van der Waals surface area contributed by atoms with Gasteiger partial charge in [0.05, 0.1) is 0 Å². The fourth-order valence-corrected chi connectivity index (χ4v) is 2.96. The van der Waals surface area contributed by atoms with Gasteiger partial charge in [-0.1, -0.05) is 13.8 Å². The second-order valence-corrected chi connectivity index (χ2v) is 6.35. The van der Waals surface area contributed by atoms with Crippen LogP contribution in [0.4, 0.5) is 0 Å². The van der Waals surface area contributed by atoms with Crippen molar-refractivity contribution in [2.75, 3.05) is 39.4 Å². The second-order valence-electron chi connectivity index (χ2n) is 6.35. The number of nitrogens with one attached hydrogen (secondary N) is 1. The van der Waals surface area contributed by atoms with Crippen LogP contribution in [0.5, 0.6) is 0 Å². The third-order valence-electron chi connectivity index (χ3n) is 4.26. The second kappa shape index (κ2) is 8.93. The fraction of sp³-hybridized carbons (Fsp3) is 1.00. The highest BCUT2D eigenvalue weighted by Gasteiger charge is 2.34. The Hall–Kier alpha value is -0.120. The van der Waals surface area contributed by atoms with Crippen LogP contribution in [0, 0.1) is 5.41 Å². The van der Waals surface area contributed by atoms with Crippen LogP contribution in [-0.4, -0.2) is 50.3 Å². The molecule has 0 aromatic carbocycles. The molecule has 0 amide bonds. The summed E-state index contributed by atoms with van der Waals surface area (Å²) in [6.07, 6.45) is 4.87. The highest BCUT2D eigenvalue weighted by Crippen LogP contribution is 2.31. The summed E-state index contributed by atoms with van der Waals surface area (Å²) in [7, 11) is 0. The Morgan fingerprint density at radius 2 is 1.84 bits per heavy atom. The Morgan fingerprint density at radius 3 is 2.37 bits per heavy atom. The van der Waals surface area contributed by atoms with Gasteiger partial charge in [0.25, 0.3) is 0 Å². The normalized spacial score (nSPS) is 19.3. The maximum atomic E-state index is 5.59. The molecule has 0 aliphatic carbocycles. The van der Waals surface area contributed by atoms with E-state index in [1.165, 1.54) is 38.8 Å². The lowest BCUT2D eigenvalue weighted by Crippen LogP contribution is -2.49. The van der Waals surface area contributed by atoms with Crippen molar-refractivity contribution < 1.29 is 4.74 Å². The molecule has 0 bridgehead atoms. The molecule has 0 radical (unpaired) electrons. The van der Waals surface area contributed by atoms with Crippen molar-refractivity contribution in [1.29, 1.82) is 0 Å². The molecule has 1 fully saturated rings. The average Bonchev–Trinajstić information content (AvgIpc) is 2.39. The summed E-state index contributed by atoms with van der Waals surface area (Å²) in [6.45, 7) is 15.8. The van der Waals surface area contributed by atoms with Gasteiger partial charge in [0.1, 0.15) is 0 Å². The summed E-state index contributed by atoms with van der Waals surface area (Å²) in [6, 6.07) is 0.644. The van der Waals surface area contributed by atoms with E-state index in [0.717, 1.165) is 26.3 Å². The number of hydrogen-bond donors (Lipinski definition) is 1. The van der Waals surface area contributed by atoms with Crippen molar-refractivity contribution in [2.45, 2.75) is 59.4 Å². The van der Waals surface area contributed by atoms with Crippen LogP contribution in [0.3, 0.4) is 0 Å². The quantitative estimate of drug-likeness (QED) is 0.652. The van der Waals surface area contributed by atoms with Crippen LogP contribution in [0.2, 0.25) is 0 Å². The molecule has 19 heavy (non-hydrogen) atoms.